The molecule has 156 valence electrons. The number of unbranched alkanes of at least 4 members (excludes halogenated alkanes) is 1. The molecule has 0 fully saturated rings. The molecule has 0 spiro atoms. The van der Waals surface area contributed by atoms with Crippen LogP contribution in [0.2, 0.25) is 0 Å². The summed E-state index contributed by atoms with van der Waals surface area (Å²) in [6.07, 6.45) is 4.61. The van der Waals surface area contributed by atoms with Crippen molar-refractivity contribution < 1.29 is 24.2 Å². The summed E-state index contributed by atoms with van der Waals surface area (Å²) in [5, 5.41) is 9.79. The Labute approximate surface area is 175 Å². The third-order valence-corrected chi connectivity index (χ3v) is 4.92. The highest BCUT2D eigenvalue weighted by atomic mass is 16.5. The van der Waals surface area contributed by atoms with Gasteiger partial charge in [0.1, 0.15) is 11.5 Å². The molecule has 2 aromatic carbocycles. The molecule has 0 amide bonds. The fourth-order valence-electron chi connectivity index (χ4n) is 3.33. The number of rotatable bonds is 8. The van der Waals surface area contributed by atoms with Crippen LogP contribution in [-0.4, -0.2) is 35.3 Å². The minimum atomic E-state index is -1.05. The Bertz CT molecular complexity index is 1090. The molecular weight excluding hydrogens is 382 g/mol. The van der Waals surface area contributed by atoms with Crippen LogP contribution in [0.4, 0.5) is 0 Å². The van der Waals surface area contributed by atoms with Crippen LogP contribution in [0.5, 0.6) is 11.5 Å². The van der Waals surface area contributed by atoms with E-state index in [1.807, 2.05) is 0 Å². The highest BCUT2D eigenvalue weighted by Gasteiger charge is 2.19. The highest BCUT2D eigenvalue weighted by molar-refractivity contribution is 6.06. The second-order valence-corrected chi connectivity index (χ2v) is 6.92. The van der Waals surface area contributed by atoms with Crippen molar-refractivity contribution in [3.05, 3.63) is 65.4 Å². The van der Waals surface area contributed by atoms with Gasteiger partial charge < -0.3 is 14.6 Å². The minimum absolute atomic E-state index is 0.197. The number of fused-ring (bicyclic) bond motifs is 1. The number of carbonyl (C=O) groups excluding carboxylic acids is 1. The van der Waals surface area contributed by atoms with Crippen LogP contribution in [-0.2, 0) is 4.79 Å². The number of methoxy groups -OCH3 is 1. The maximum Gasteiger partial charge on any atom is 0.328 e. The second kappa shape index (κ2) is 9.31. The summed E-state index contributed by atoms with van der Waals surface area (Å²) in [5.74, 6) is 0.107. The van der Waals surface area contributed by atoms with E-state index in [0.29, 0.717) is 34.7 Å². The van der Waals surface area contributed by atoms with Gasteiger partial charge in [-0.25, -0.2) is 4.79 Å². The number of aromatic nitrogens is 1. The van der Waals surface area contributed by atoms with E-state index in [1.165, 1.54) is 6.08 Å². The molecule has 0 saturated carbocycles. The van der Waals surface area contributed by atoms with Gasteiger partial charge in [0.15, 0.2) is 0 Å². The molecule has 1 heterocycles. The first-order valence-electron chi connectivity index (χ1n) is 9.84. The molecule has 3 rings (SSSR count). The largest absolute Gasteiger partial charge is 0.497 e. The Morgan fingerprint density at radius 2 is 1.80 bits per heavy atom. The lowest BCUT2D eigenvalue weighted by atomic mass is 10.1. The van der Waals surface area contributed by atoms with Crippen LogP contribution < -0.4 is 9.47 Å². The number of carboxylic acid groups (broad SMARTS) is 1. The van der Waals surface area contributed by atoms with Gasteiger partial charge >= 0.3 is 5.97 Å². The maximum absolute atomic E-state index is 13.3. The molecule has 6 nitrogen and oxygen atoms in total. The third-order valence-electron chi connectivity index (χ3n) is 4.92. The molecular formula is C24H25NO5. The van der Waals surface area contributed by atoms with Crippen molar-refractivity contribution in [2.24, 2.45) is 0 Å². The Kier molecular flexibility index (Phi) is 6.57. The van der Waals surface area contributed by atoms with Crippen molar-refractivity contribution in [2.75, 3.05) is 13.7 Å². The van der Waals surface area contributed by atoms with Crippen LogP contribution in [0.3, 0.4) is 0 Å². The summed E-state index contributed by atoms with van der Waals surface area (Å²) in [6.45, 7) is 4.55. The van der Waals surface area contributed by atoms with Gasteiger partial charge in [-0.2, -0.15) is 0 Å². The standard InChI is InChI=1S/C24H25NO5/c1-4-5-14-30-18-8-6-17(7-9-18)24(28)25-16(2)20(11-13-23(26)27)21-15-19(29-3)10-12-22(21)25/h6-13,15H,4-5,14H2,1-3H3,(H,26,27)/b13-11+. The van der Waals surface area contributed by atoms with Crippen molar-refractivity contribution in [2.45, 2.75) is 26.7 Å². The van der Waals surface area contributed by atoms with Crippen LogP contribution in [0, 0.1) is 6.92 Å². The Morgan fingerprint density at radius 1 is 1.10 bits per heavy atom. The number of aliphatic carboxylic acids is 1. The van der Waals surface area contributed by atoms with Crippen LogP contribution in [0.25, 0.3) is 17.0 Å². The zero-order chi connectivity index (χ0) is 21.7. The first-order chi connectivity index (χ1) is 14.5. The van der Waals surface area contributed by atoms with E-state index in [9.17, 15) is 9.59 Å². The molecule has 0 radical (unpaired) electrons. The topological polar surface area (TPSA) is 77.8 Å². The van der Waals surface area contributed by atoms with Gasteiger partial charge in [0.25, 0.3) is 5.91 Å². The summed E-state index contributed by atoms with van der Waals surface area (Å²) < 4.78 is 12.6. The Morgan fingerprint density at radius 3 is 2.43 bits per heavy atom. The number of hydrogen-bond acceptors (Lipinski definition) is 4. The van der Waals surface area contributed by atoms with Crippen molar-refractivity contribution in [3.63, 3.8) is 0 Å². The summed E-state index contributed by atoms with van der Waals surface area (Å²) in [6, 6.07) is 12.4. The van der Waals surface area contributed by atoms with Gasteiger partial charge in [-0.15, -0.1) is 0 Å². The number of benzene rings is 2. The number of carboxylic acids is 1. The predicted octanol–water partition coefficient (Wildman–Crippen LogP) is 4.92. The van der Waals surface area contributed by atoms with E-state index in [0.717, 1.165) is 30.1 Å². The molecule has 0 aliphatic rings. The average Bonchev–Trinajstić information content (AvgIpc) is 3.02. The number of nitrogens with zero attached hydrogens (tertiary/aromatic N) is 1. The highest BCUT2D eigenvalue weighted by Crippen LogP contribution is 2.31. The monoisotopic (exact) mass is 407 g/mol. The van der Waals surface area contributed by atoms with E-state index in [1.54, 1.807) is 61.1 Å². The van der Waals surface area contributed by atoms with E-state index in [4.69, 9.17) is 14.6 Å². The summed E-state index contributed by atoms with van der Waals surface area (Å²) in [7, 11) is 1.56. The Hall–Kier alpha value is -3.54. The molecule has 0 aliphatic heterocycles. The van der Waals surface area contributed by atoms with Gasteiger partial charge in [-0.3, -0.25) is 9.36 Å². The van der Waals surface area contributed by atoms with Gasteiger partial charge in [0.2, 0.25) is 0 Å². The van der Waals surface area contributed by atoms with E-state index < -0.39 is 5.97 Å². The van der Waals surface area contributed by atoms with Gasteiger partial charge in [0.05, 0.1) is 19.2 Å². The van der Waals surface area contributed by atoms with E-state index in [2.05, 4.69) is 6.92 Å². The molecule has 0 saturated heterocycles. The van der Waals surface area contributed by atoms with Crippen LogP contribution in [0.15, 0.2) is 48.5 Å². The van der Waals surface area contributed by atoms with E-state index >= 15 is 0 Å². The van der Waals surface area contributed by atoms with Crippen molar-refractivity contribution in [3.8, 4) is 11.5 Å². The molecule has 0 bridgehead atoms. The summed E-state index contributed by atoms with van der Waals surface area (Å²) >= 11 is 0. The Balaban J connectivity index is 2.03. The molecule has 6 heteroatoms. The lowest BCUT2D eigenvalue weighted by Crippen LogP contribution is -2.13. The fraction of sp³-hybridized carbons (Fsp3) is 0.250. The number of ether oxygens (including phenoxy) is 2. The first kappa shape index (κ1) is 21.2. The third kappa shape index (κ3) is 4.38. The second-order valence-electron chi connectivity index (χ2n) is 6.92. The number of carbonyl (C=O) groups is 2. The molecule has 30 heavy (non-hydrogen) atoms. The normalized spacial score (nSPS) is 11.2. The molecule has 0 unspecified atom stereocenters. The molecule has 3 aromatic rings. The minimum Gasteiger partial charge on any atom is -0.497 e. The zero-order valence-corrected chi connectivity index (χ0v) is 17.3. The molecule has 0 aliphatic carbocycles. The number of hydrogen-bond donors (Lipinski definition) is 1. The first-order valence-corrected chi connectivity index (χ1v) is 9.84. The van der Waals surface area contributed by atoms with Crippen molar-refractivity contribution in [1.82, 2.24) is 4.57 Å². The summed E-state index contributed by atoms with van der Waals surface area (Å²) in [5.41, 5.74) is 2.53. The van der Waals surface area contributed by atoms with Crippen LogP contribution >= 0.6 is 0 Å². The average molecular weight is 407 g/mol. The smallest absolute Gasteiger partial charge is 0.328 e. The quantitative estimate of drug-likeness (QED) is 0.423. The van der Waals surface area contributed by atoms with Crippen molar-refractivity contribution in [1.29, 1.82) is 0 Å². The van der Waals surface area contributed by atoms with Crippen molar-refractivity contribution >= 4 is 28.9 Å². The lowest BCUT2D eigenvalue weighted by molar-refractivity contribution is -0.131. The van der Waals surface area contributed by atoms with Gasteiger partial charge in [-0.05, 0) is 61.9 Å². The van der Waals surface area contributed by atoms with E-state index in [-0.39, 0.29) is 5.91 Å². The SMILES string of the molecule is CCCCOc1ccc(C(=O)n2c(C)c(/C=C/C(=O)O)c3cc(OC)ccc32)cc1. The molecule has 1 N–H and O–H groups in total. The maximum atomic E-state index is 13.3. The van der Waals surface area contributed by atoms with Gasteiger partial charge in [-0.1, -0.05) is 13.3 Å². The lowest BCUT2D eigenvalue weighted by Gasteiger charge is -2.09. The molecule has 0 atom stereocenters. The predicted molar refractivity (Wildman–Crippen MR) is 116 cm³/mol. The zero-order valence-electron chi connectivity index (χ0n) is 17.3. The summed E-state index contributed by atoms with van der Waals surface area (Å²) in [4.78, 5) is 24.3. The molecule has 1 aromatic heterocycles. The van der Waals surface area contributed by atoms with Crippen LogP contribution in [0.1, 0.15) is 41.4 Å². The fourth-order valence-corrected chi connectivity index (χ4v) is 3.33. The van der Waals surface area contributed by atoms with Gasteiger partial charge in [0, 0.05) is 28.3 Å².